The summed E-state index contributed by atoms with van der Waals surface area (Å²) in [6, 6.07) is 14.6. The van der Waals surface area contributed by atoms with E-state index in [-0.39, 0.29) is 0 Å². The minimum Gasteiger partial charge on any atom is -0.493 e. The van der Waals surface area contributed by atoms with Crippen molar-refractivity contribution in [2.24, 2.45) is 5.92 Å². The summed E-state index contributed by atoms with van der Waals surface area (Å²) in [5.74, 6) is 2.37. The normalized spacial score (nSPS) is 15.0. The van der Waals surface area contributed by atoms with Crippen LogP contribution in [0, 0.1) is 12.8 Å². The number of aryl methyl sites for hydroxylation is 1. The summed E-state index contributed by atoms with van der Waals surface area (Å²) in [5, 5.41) is 6.99. The molecule has 4 heteroatoms. The van der Waals surface area contributed by atoms with E-state index in [4.69, 9.17) is 9.47 Å². The van der Waals surface area contributed by atoms with Gasteiger partial charge in [0.2, 0.25) is 0 Å². The zero-order valence-electron chi connectivity index (χ0n) is 15.9. The maximum atomic E-state index is 5.97. The highest BCUT2D eigenvalue weighted by molar-refractivity contribution is 5.43. The van der Waals surface area contributed by atoms with Crippen molar-refractivity contribution in [2.45, 2.75) is 32.9 Å². The molecule has 0 radical (unpaired) electrons. The summed E-state index contributed by atoms with van der Waals surface area (Å²) in [6.07, 6.45) is 2.53. The van der Waals surface area contributed by atoms with Crippen LogP contribution in [-0.2, 0) is 13.2 Å². The summed E-state index contributed by atoms with van der Waals surface area (Å²) in [5.41, 5.74) is 3.63. The van der Waals surface area contributed by atoms with E-state index in [0.29, 0.717) is 6.61 Å². The second kappa shape index (κ2) is 9.60. The van der Waals surface area contributed by atoms with Crippen LogP contribution in [0.2, 0.25) is 0 Å². The average molecular weight is 354 g/mol. The van der Waals surface area contributed by atoms with E-state index in [9.17, 15) is 0 Å². The Labute approximate surface area is 156 Å². The van der Waals surface area contributed by atoms with E-state index in [1.807, 2.05) is 6.07 Å². The molecule has 0 spiro atoms. The van der Waals surface area contributed by atoms with Crippen LogP contribution in [0.25, 0.3) is 0 Å². The van der Waals surface area contributed by atoms with Gasteiger partial charge in [-0.3, -0.25) is 0 Å². The monoisotopic (exact) mass is 354 g/mol. The number of ether oxygens (including phenoxy) is 2. The van der Waals surface area contributed by atoms with Crippen molar-refractivity contribution in [1.82, 2.24) is 10.6 Å². The number of benzene rings is 2. The predicted molar refractivity (Wildman–Crippen MR) is 106 cm³/mol. The fourth-order valence-electron chi connectivity index (χ4n) is 3.41. The highest BCUT2D eigenvalue weighted by Crippen LogP contribution is 2.29. The molecule has 0 unspecified atom stereocenters. The topological polar surface area (TPSA) is 42.5 Å². The van der Waals surface area contributed by atoms with Crippen molar-refractivity contribution in [1.29, 1.82) is 0 Å². The van der Waals surface area contributed by atoms with Gasteiger partial charge in [-0.15, -0.1) is 0 Å². The first-order chi connectivity index (χ1) is 12.7. The van der Waals surface area contributed by atoms with Crippen LogP contribution in [0.1, 0.15) is 29.5 Å². The lowest BCUT2D eigenvalue weighted by Crippen LogP contribution is -2.33. The molecule has 26 heavy (non-hydrogen) atoms. The highest BCUT2D eigenvalue weighted by Gasteiger charge is 2.12. The molecule has 2 aromatic carbocycles. The first kappa shape index (κ1) is 18.7. The van der Waals surface area contributed by atoms with Gasteiger partial charge < -0.3 is 20.1 Å². The lowest BCUT2D eigenvalue weighted by molar-refractivity contribution is 0.284. The summed E-state index contributed by atoms with van der Waals surface area (Å²) in [4.78, 5) is 0. The summed E-state index contributed by atoms with van der Waals surface area (Å²) in [7, 11) is 1.70. The van der Waals surface area contributed by atoms with Crippen molar-refractivity contribution >= 4 is 0 Å². The molecular weight excluding hydrogens is 324 g/mol. The third-order valence-corrected chi connectivity index (χ3v) is 4.93. The fourth-order valence-corrected chi connectivity index (χ4v) is 3.41. The number of methoxy groups -OCH3 is 1. The molecule has 3 rings (SSSR count). The molecule has 0 bridgehead atoms. The Bertz CT molecular complexity index is 696. The van der Waals surface area contributed by atoms with Crippen LogP contribution in [0.3, 0.4) is 0 Å². The molecule has 1 aliphatic heterocycles. The number of hydrogen-bond donors (Lipinski definition) is 2. The minimum absolute atomic E-state index is 0.547. The minimum atomic E-state index is 0.547. The first-order valence-electron chi connectivity index (χ1n) is 9.51. The third-order valence-electron chi connectivity index (χ3n) is 4.93. The Morgan fingerprint density at radius 3 is 2.65 bits per heavy atom. The van der Waals surface area contributed by atoms with Gasteiger partial charge in [0.25, 0.3) is 0 Å². The SMILES string of the molecule is COc1cc(CNCC2CCNCC2)ccc1OCc1cccc(C)c1. The van der Waals surface area contributed by atoms with Gasteiger partial charge in [0.05, 0.1) is 7.11 Å². The van der Waals surface area contributed by atoms with E-state index in [0.717, 1.165) is 43.6 Å². The molecule has 0 saturated carbocycles. The number of rotatable bonds is 8. The summed E-state index contributed by atoms with van der Waals surface area (Å²) in [6.45, 7) is 6.87. The van der Waals surface area contributed by atoms with E-state index in [1.165, 1.54) is 29.5 Å². The zero-order valence-corrected chi connectivity index (χ0v) is 15.9. The molecule has 1 aliphatic rings. The molecular formula is C22H30N2O2. The number of nitrogens with one attached hydrogen (secondary N) is 2. The van der Waals surface area contributed by atoms with Gasteiger partial charge in [0, 0.05) is 6.54 Å². The number of hydrogen-bond acceptors (Lipinski definition) is 4. The Morgan fingerprint density at radius 2 is 1.88 bits per heavy atom. The average Bonchev–Trinajstić information content (AvgIpc) is 2.67. The lowest BCUT2D eigenvalue weighted by atomic mass is 9.98. The molecule has 0 aromatic heterocycles. The van der Waals surface area contributed by atoms with E-state index < -0.39 is 0 Å². The van der Waals surface area contributed by atoms with Gasteiger partial charge in [-0.1, -0.05) is 35.9 Å². The quantitative estimate of drug-likeness (QED) is 0.759. The van der Waals surface area contributed by atoms with E-state index >= 15 is 0 Å². The van der Waals surface area contributed by atoms with Gasteiger partial charge in [-0.05, 0) is 68.6 Å². The maximum Gasteiger partial charge on any atom is 0.161 e. The Kier molecular flexibility index (Phi) is 6.92. The molecule has 0 atom stereocenters. The van der Waals surface area contributed by atoms with Gasteiger partial charge in [-0.2, -0.15) is 0 Å². The molecule has 0 amide bonds. The largest absolute Gasteiger partial charge is 0.493 e. The standard InChI is InChI=1S/C22H30N2O2/c1-17-4-3-5-20(12-17)16-26-21-7-6-19(13-22(21)25-2)15-24-14-18-8-10-23-11-9-18/h3-7,12-13,18,23-24H,8-11,14-16H2,1-2H3. The molecule has 4 nitrogen and oxygen atoms in total. The van der Waals surface area contributed by atoms with Crippen molar-refractivity contribution in [3.05, 3.63) is 59.2 Å². The van der Waals surface area contributed by atoms with Crippen molar-refractivity contribution in [2.75, 3.05) is 26.7 Å². The molecule has 1 fully saturated rings. The molecule has 1 saturated heterocycles. The van der Waals surface area contributed by atoms with Crippen LogP contribution in [0.5, 0.6) is 11.5 Å². The van der Waals surface area contributed by atoms with Gasteiger partial charge >= 0.3 is 0 Å². The van der Waals surface area contributed by atoms with Gasteiger partial charge in [0.15, 0.2) is 11.5 Å². The molecule has 2 aromatic rings. The van der Waals surface area contributed by atoms with Crippen molar-refractivity contribution in [3.63, 3.8) is 0 Å². The Morgan fingerprint density at radius 1 is 1.04 bits per heavy atom. The molecule has 1 heterocycles. The smallest absolute Gasteiger partial charge is 0.161 e. The zero-order chi connectivity index (χ0) is 18.2. The third kappa shape index (κ3) is 5.48. The summed E-state index contributed by atoms with van der Waals surface area (Å²) >= 11 is 0. The van der Waals surface area contributed by atoms with Crippen molar-refractivity contribution < 1.29 is 9.47 Å². The second-order valence-electron chi connectivity index (χ2n) is 7.09. The van der Waals surface area contributed by atoms with Crippen molar-refractivity contribution in [3.8, 4) is 11.5 Å². The van der Waals surface area contributed by atoms with Crippen LogP contribution in [0.15, 0.2) is 42.5 Å². The fraction of sp³-hybridized carbons (Fsp3) is 0.455. The Balaban J connectivity index is 1.53. The highest BCUT2D eigenvalue weighted by atomic mass is 16.5. The van der Waals surface area contributed by atoms with Gasteiger partial charge in [0.1, 0.15) is 6.61 Å². The molecule has 140 valence electrons. The van der Waals surface area contributed by atoms with E-state index in [1.54, 1.807) is 7.11 Å². The first-order valence-corrected chi connectivity index (χ1v) is 9.51. The summed E-state index contributed by atoms with van der Waals surface area (Å²) < 4.78 is 11.5. The second-order valence-corrected chi connectivity index (χ2v) is 7.09. The van der Waals surface area contributed by atoms with Crippen LogP contribution < -0.4 is 20.1 Å². The lowest BCUT2D eigenvalue weighted by Gasteiger charge is -2.23. The predicted octanol–water partition coefficient (Wildman–Crippen LogP) is 3.67. The maximum absolute atomic E-state index is 5.97. The Hall–Kier alpha value is -2.04. The molecule has 0 aliphatic carbocycles. The van der Waals surface area contributed by atoms with Crippen LogP contribution in [-0.4, -0.2) is 26.7 Å². The van der Waals surface area contributed by atoms with E-state index in [2.05, 4.69) is 54.0 Å². The van der Waals surface area contributed by atoms with Crippen LogP contribution in [0.4, 0.5) is 0 Å². The molecule has 2 N–H and O–H groups in total. The van der Waals surface area contributed by atoms with Crippen LogP contribution >= 0.6 is 0 Å². The number of piperidine rings is 1. The van der Waals surface area contributed by atoms with Gasteiger partial charge in [-0.25, -0.2) is 0 Å².